The van der Waals surface area contributed by atoms with Gasteiger partial charge in [-0.15, -0.1) is 11.3 Å². The highest BCUT2D eigenvalue weighted by Gasteiger charge is 2.13. The molecule has 0 amide bonds. The number of nitrogens with one attached hydrogen (secondary N) is 1. The van der Waals surface area contributed by atoms with Gasteiger partial charge in [-0.3, -0.25) is 0 Å². The maximum Gasteiger partial charge on any atom is 0.207 e. The Hall–Kier alpha value is -3.42. The number of aromatic amines is 1. The van der Waals surface area contributed by atoms with Crippen molar-refractivity contribution in [3.8, 4) is 17.1 Å². The van der Waals surface area contributed by atoms with Crippen molar-refractivity contribution in [2.24, 2.45) is 9.98 Å². The molecule has 2 aromatic carbocycles. The third-order valence-electron chi connectivity index (χ3n) is 5.19. The number of amidine groups is 1. The van der Waals surface area contributed by atoms with Crippen molar-refractivity contribution in [3.63, 3.8) is 0 Å². The topological polar surface area (TPSA) is 73.6 Å². The molecule has 1 aliphatic heterocycles. The van der Waals surface area contributed by atoms with Crippen molar-refractivity contribution in [1.82, 2.24) is 9.97 Å². The van der Waals surface area contributed by atoms with Crippen LogP contribution >= 0.6 is 23.6 Å². The molecule has 0 spiro atoms. The van der Waals surface area contributed by atoms with E-state index in [1.807, 2.05) is 42.5 Å². The predicted molar refractivity (Wildman–Crippen MR) is 127 cm³/mol. The van der Waals surface area contributed by atoms with Crippen LogP contribution in [0.1, 0.15) is 21.7 Å². The summed E-state index contributed by atoms with van der Waals surface area (Å²) in [6, 6.07) is 18.1. The van der Waals surface area contributed by atoms with E-state index in [0.29, 0.717) is 14.7 Å². The van der Waals surface area contributed by atoms with Crippen molar-refractivity contribution in [1.29, 1.82) is 0 Å². The number of nitrogens with zero attached hydrogens (tertiary/aromatic N) is 3. The summed E-state index contributed by atoms with van der Waals surface area (Å²) < 4.78 is 0.537. The number of rotatable bonds is 3. The summed E-state index contributed by atoms with van der Waals surface area (Å²) in [4.78, 5) is 17.6. The number of aliphatic imine (C=N–C) groups is 1. The van der Waals surface area contributed by atoms with Crippen molar-refractivity contribution < 1.29 is 5.11 Å². The third kappa shape index (κ3) is 3.85. The van der Waals surface area contributed by atoms with E-state index < -0.39 is 0 Å². The van der Waals surface area contributed by atoms with E-state index in [1.54, 1.807) is 0 Å². The minimum Gasteiger partial charge on any atom is -0.494 e. The Morgan fingerprint density at radius 2 is 1.81 bits per heavy atom. The molecule has 0 unspecified atom stereocenters. The fraction of sp³-hybridized carbons (Fsp3) is 0.0833. The fourth-order valence-electron chi connectivity index (χ4n) is 3.38. The monoisotopic (exact) mass is 442 g/mol. The summed E-state index contributed by atoms with van der Waals surface area (Å²) in [6.45, 7) is 4.21. The molecule has 3 heterocycles. The van der Waals surface area contributed by atoms with Gasteiger partial charge in [0.25, 0.3) is 0 Å². The molecule has 2 aromatic heterocycles. The third-order valence-corrected chi connectivity index (χ3v) is 6.36. The van der Waals surface area contributed by atoms with Gasteiger partial charge in [-0.05, 0) is 78.8 Å². The second kappa shape index (κ2) is 7.68. The van der Waals surface area contributed by atoms with Crippen LogP contribution in [-0.2, 0) is 0 Å². The number of H-pyrrole nitrogens is 1. The zero-order chi connectivity index (χ0) is 21.5. The zero-order valence-electron chi connectivity index (χ0n) is 16.9. The first-order valence-electron chi connectivity index (χ1n) is 9.73. The van der Waals surface area contributed by atoms with Crippen LogP contribution in [0.5, 0.6) is 5.88 Å². The molecule has 4 aromatic rings. The average Bonchev–Trinajstić information content (AvgIpc) is 3.32. The number of hydrogen-bond acceptors (Lipinski definition) is 6. The lowest BCUT2D eigenvalue weighted by Gasteiger charge is -2.06. The van der Waals surface area contributed by atoms with Gasteiger partial charge >= 0.3 is 0 Å². The van der Waals surface area contributed by atoms with E-state index in [1.165, 1.54) is 22.5 Å². The van der Waals surface area contributed by atoms with Crippen LogP contribution in [0.4, 0.5) is 5.69 Å². The van der Waals surface area contributed by atoms with Crippen LogP contribution in [0.3, 0.4) is 0 Å². The lowest BCUT2D eigenvalue weighted by atomic mass is 10.0. The summed E-state index contributed by atoms with van der Waals surface area (Å²) in [7, 11) is 0. The van der Waals surface area contributed by atoms with Crippen molar-refractivity contribution >= 4 is 41.2 Å². The molecule has 0 bridgehead atoms. The Balaban J connectivity index is 1.51. The Morgan fingerprint density at radius 3 is 2.58 bits per heavy atom. The van der Waals surface area contributed by atoms with Gasteiger partial charge in [0.15, 0.2) is 9.79 Å². The van der Waals surface area contributed by atoms with Gasteiger partial charge in [-0.1, -0.05) is 24.3 Å². The Bertz CT molecular complexity index is 1550. The minimum atomic E-state index is 0.0803. The Kier molecular flexibility index (Phi) is 4.84. The molecule has 7 heteroatoms. The molecule has 0 saturated carbocycles. The van der Waals surface area contributed by atoms with Gasteiger partial charge in [-0.2, -0.15) is 0 Å². The van der Waals surface area contributed by atoms with Crippen LogP contribution in [-0.4, -0.2) is 20.9 Å². The molecular formula is C24H18N4OS2. The Morgan fingerprint density at radius 1 is 0.968 bits per heavy atom. The molecule has 1 aliphatic rings. The molecule has 5 nitrogen and oxygen atoms in total. The molecule has 0 aliphatic carbocycles. The van der Waals surface area contributed by atoms with E-state index in [-0.39, 0.29) is 5.88 Å². The molecule has 0 fully saturated rings. The zero-order valence-corrected chi connectivity index (χ0v) is 18.5. The first-order valence-corrected chi connectivity index (χ1v) is 10.9. The maximum atomic E-state index is 9.93. The number of aromatic nitrogens is 2. The first kappa shape index (κ1) is 19.5. The van der Waals surface area contributed by atoms with Crippen molar-refractivity contribution in [2.45, 2.75) is 13.8 Å². The average molecular weight is 443 g/mol. The quantitative estimate of drug-likeness (QED) is 0.451. The fourth-order valence-corrected chi connectivity index (χ4v) is 4.44. The number of thiazole rings is 1. The predicted octanol–water partition coefficient (Wildman–Crippen LogP) is 4.73. The highest BCUT2D eigenvalue weighted by Crippen LogP contribution is 2.23. The molecule has 0 saturated heterocycles. The van der Waals surface area contributed by atoms with Gasteiger partial charge in [0.2, 0.25) is 5.88 Å². The van der Waals surface area contributed by atoms with Gasteiger partial charge in [0.1, 0.15) is 5.69 Å². The molecule has 5 rings (SSSR count). The van der Waals surface area contributed by atoms with Crippen LogP contribution < -0.4 is 10.6 Å². The first-order chi connectivity index (χ1) is 15.0. The normalized spacial score (nSPS) is 13.1. The largest absolute Gasteiger partial charge is 0.494 e. The van der Waals surface area contributed by atoms with E-state index in [4.69, 9.17) is 22.2 Å². The molecule has 31 heavy (non-hydrogen) atoms. The highest BCUT2D eigenvalue weighted by atomic mass is 32.1. The highest BCUT2D eigenvalue weighted by molar-refractivity contribution is 7.73. The number of pyridine rings is 1. The van der Waals surface area contributed by atoms with E-state index in [9.17, 15) is 5.11 Å². The summed E-state index contributed by atoms with van der Waals surface area (Å²) >= 11 is 6.41. The lowest BCUT2D eigenvalue weighted by molar-refractivity contribution is 0.456. The summed E-state index contributed by atoms with van der Waals surface area (Å²) in [5, 5.41) is 11.6. The SMILES string of the molecule is Cc1ccc(-c2cccc(C3=Nc4cc(=Cc5sc(=S)[nH]c5O)ccc4=N3)n2)cc1C. The van der Waals surface area contributed by atoms with Gasteiger partial charge in [0.05, 0.1) is 21.6 Å². The van der Waals surface area contributed by atoms with Crippen molar-refractivity contribution in [2.75, 3.05) is 0 Å². The minimum absolute atomic E-state index is 0.0803. The number of benzene rings is 2. The number of aryl methyl sites for hydroxylation is 2. The number of aromatic hydroxyl groups is 1. The van der Waals surface area contributed by atoms with Gasteiger partial charge in [0, 0.05) is 5.56 Å². The molecule has 0 radical (unpaired) electrons. The number of fused-ring (bicyclic) bond motifs is 1. The summed E-state index contributed by atoms with van der Waals surface area (Å²) in [6.07, 6.45) is 1.87. The maximum absolute atomic E-state index is 9.93. The van der Waals surface area contributed by atoms with Crippen molar-refractivity contribution in [3.05, 3.63) is 90.8 Å². The molecule has 152 valence electrons. The summed E-state index contributed by atoms with van der Waals surface area (Å²) in [5.74, 6) is 0.676. The standard InChI is InChI=1S/C24H18N4OS2/c1-13-6-8-16(10-14(13)2)17-4-3-5-19(25-17)22-26-18-9-7-15(11-20(18)27-22)12-21-23(29)28-24(30)31-21/h3-12,29H,1-2H3,(H,28,30). The van der Waals surface area contributed by atoms with Crippen LogP contribution in [0, 0.1) is 17.8 Å². The van der Waals surface area contributed by atoms with Crippen LogP contribution in [0.2, 0.25) is 0 Å². The van der Waals surface area contributed by atoms with Crippen LogP contribution in [0.15, 0.2) is 64.6 Å². The van der Waals surface area contributed by atoms with E-state index >= 15 is 0 Å². The second-order valence-corrected chi connectivity index (χ2v) is 9.09. The molecular weight excluding hydrogens is 424 g/mol. The summed E-state index contributed by atoms with van der Waals surface area (Å²) in [5.41, 5.74) is 5.98. The molecule has 0 atom stereocenters. The smallest absolute Gasteiger partial charge is 0.207 e. The molecule has 2 N–H and O–H groups in total. The van der Waals surface area contributed by atoms with E-state index in [0.717, 1.165) is 33.2 Å². The van der Waals surface area contributed by atoms with E-state index in [2.05, 4.69) is 42.0 Å². The van der Waals surface area contributed by atoms with Gasteiger partial charge < -0.3 is 10.1 Å². The Labute approximate surface area is 187 Å². The van der Waals surface area contributed by atoms with Gasteiger partial charge in [-0.25, -0.2) is 15.0 Å². The number of hydrogen-bond donors (Lipinski definition) is 2. The second-order valence-electron chi connectivity index (χ2n) is 7.37. The van der Waals surface area contributed by atoms with Crippen LogP contribution in [0.25, 0.3) is 17.3 Å². The lowest BCUT2D eigenvalue weighted by Crippen LogP contribution is -2.07.